The molecule has 0 saturated carbocycles. The number of anilines is 1. The average Bonchev–Trinajstić information content (AvgIpc) is 2.52. The van der Waals surface area contributed by atoms with Gasteiger partial charge in [0, 0.05) is 10.7 Å². The van der Waals surface area contributed by atoms with Crippen LogP contribution < -0.4 is 10.1 Å². The van der Waals surface area contributed by atoms with Crippen LogP contribution in [0, 0.1) is 11.3 Å². The van der Waals surface area contributed by atoms with Crippen molar-refractivity contribution in [2.45, 2.75) is 19.4 Å². The summed E-state index contributed by atoms with van der Waals surface area (Å²) in [7, 11) is 0. The van der Waals surface area contributed by atoms with Gasteiger partial charge in [-0.15, -0.1) is 0 Å². The zero-order chi connectivity index (χ0) is 16.8. The van der Waals surface area contributed by atoms with Gasteiger partial charge in [-0.2, -0.15) is 5.26 Å². The van der Waals surface area contributed by atoms with E-state index in [2.05, 4.69) is 11.4 Å². The lowest BCUT2D eigenvalue weighted by molar-refractivity contribution is -0.122. The highest BCUT2D eigenvalue weighted by atomic mass is 35.5. The predicted octanol–water partition coefficient (Wildman–Crippen LogP) is 4.47. The van der Waals surface area contributed by atoms with E-state index in [1.807, 2.05) is 0 Å². The minimum Gasteiger partial charge on any atom is -0.479 e. The first-order valence-corrected chi connectivity index (χ1v) is 7.63. The molecule has 0 saturated heterocycles. The number of ether oxygens (including phenoxy) is 1. The molecule has 0 fully saturated rings. The lowest BCUT2D eigenvalue weighted by Crippen LogP contribution is -2.30. The summed E-state index contributed by atoms with van der Waals surface area (Å²) in [6, 6.07) is 13.9. The van der Waals surface area contributed by atoms with Crippen LogP contribution in [0.4, 0.5) is 5.69 Å². The highest BCUT2D eigenvalue weighted by Crippen LogP contribution is 2.28. The van der Waals surface area contributed by atoms with Crippen molar-refractivity contribution in [1.29, 1.82) is 5.26 Å². The summed E-state index contributed by atoms with van der Waals surface area (Å²) in [5.41, 5.74) is 1.53. The second-order valence-corrected chi connectivity index (χ2v) is 5.70. The number of amides is 1. The predicted molar refractivity (Wildman–Crippen MR) is 90.9 cm³/mol. The van der Waals surface area contributed by atoms with Crippen LogP contribution in [0.2, 0.25) is 10.0 Å². The first-order chi connectivity index (χ1) is 11.0. The third kappa shape index (κ3) is 4.88. The molecule has 2 rings (SSSR count). The number of rotatable bonds is 5. The van der Waals surface area contributed by atoms with E-state index in [1.54, 1.807) is 49.4 Å². The summed E-state index contributed by atoms with van der Waals surface area (Å²) in [4.78, 5) is 12.1. The van der Waals surface area contributed by atoms with Crippen molar-refractivity contribution < 1.29 is 9.53 Å². The van der Waals surface area contributed by atoms with E-state index in [4.69, 9.17) is 33.2 Å². The Hall–Kier alpha value is -2.22. The lowest BCUT2D eigenvalue weighted by Gasteiger charge is -2.16. The molecule has 1 amide bonds. The second kappa shape index (κ2) is 7.87. The van der Waals surface area contributed by atoms with E-state index in [0.717, 1.165) is 5.56 Å². The maximum atomic E-state index is 12.1. The van der Waals surface area contributed by atoms with Crippen molar-refractivity contribution in [3.05, 3.63) is 58.1 Å². The molecule has 0 aliphatic rings. The first kappa shape index (κ1) is 17.1. The number of carbonyl (C=O) groups excluding carboxylic acids is 1. The quantitative estimate of drug-likeness (QED) is 0.867. The molecule has 1 atom stereocenters. The Bertz CT molecular complexity index is 739. The zero-order valence-corrected chi connectivity index (χ0v) is 13.9. The highest BCUT2D eigenvalue weighted by molar-refractivity contribution is 6.35. The number of carbonyl (C=O) groups is 1. The number of nitrogens with zero attached hydrogens (tertiary/aromatic N) is 1. The smallest absolute Gasteiger partial charge is 0.265 e. The van der Waals surface area contributed by atoms with Crippen LogP contribution in [0.1, 0.15) is 12.5 Å². The van der Waals surface area contributed by atoms with Gasteiger partial charge in [-0.1, -0.05) is 35.3 Å². The van der Waals surface area contributed by atoms with Crippen LogP contribution in [0.3, 0.4) is 0 Å². The van der Waals surface area contributed by atoms with Crippen LogP contribution in [0.5, 0.6) is 5.75 Å². The minimum atomic E-state index is -0.729. The fourth-order valence-electron chi connectivity index (χ4n) is 1.86. The molecule has 6 heteroatoms. The second-order valence-electron chi connectivity index (χ2n) is 4.86. The monoisotopic (exact) mass is 348 g/mol. The van der Waals surface area contributed by atoms with Crippen LogP contribution >= 0.6 is 23.2 Å². The average molecular weight is 349 g/mol. The Morgan fingerprint density at radius 2 is 1.96 bits per heavy atom. The molecular formula is C17H14Cl2N2O2. The van der Waals surface area contributed by atoms with Gasteiger partial charge in [0.2, 0.25) is 0 Å². The Morgan fingerprint density at radius 3 is 2.57 bits per heavy atom. The number of nitrogens with one attached hydrogen (secondary N) is 1. The van der Waals surface area contributed by atoms with Crippen molar-refractivity contribution in [2.75, 3.05) is 5.32 Å². The topological polar surface area (TPSA) is 62.1 Å². The van der Waals surface area contributed by atoms with Gasteiger partial charge in [0.25, 0.3) is 5.91 Å². The normalized spacial score (nSPS) is 11.4. The number of nitriles is 1. The van der Waals surface area contributed by atoms with Gasteiger partial charge in [0.1, 0.15) is 5.75 Å². The van der Waals surface area contributed by atoms with Crippen molar-refractivity contribution in [2.24, 2.45) is 0 Å². The third-order valence-corrected chi connectivity index (χ3v) is 3.60. The van der Waals surface area contributed by atoms with E-state index < -0.39 is 6.10 Å². The third-order valence-electron chi connectivity index (χ3n) is 3.07. The minimum absolute atomic E-state index is 0.302. The number of hydrogen-bond donors (Lipinski definition) is 1. The van der Waals surface area contributed by atoms with Gasteiger partial charge in [-0.25, -0.2) is 0 Å². The number of benzene rings is 2. The van der Waals surface area contributed by atoms with E-state index in [0.29, 0.717) is 27.9 Å². The van der Waals surface area contributed by atoms with Crippen molar-refractivity contribution in [1.82, 2.24) is 0 Å². The van der Waals surface area contributed by atoms with Crippen molar-refractivity contribution >= 4 is 34.8 Å². The van der Waals surface area contributed by atoms with Gasteiger partial charge in [0.15, 0.2) is 6.10 Å². The Morgan fingerprint density at radius 1 is 1.26 bits per heavy atom. The molecule has 1 N–H and O–H groups in total. The molecule has 0 aliphatic heterocycles. The zero-order valence-electron chi connectivity index (χ0n) is 12.3. The number of halogens is 2. The summed E-state index contributed by atoms with van der Waals surface area (Å²) >= 11 is 11.8. The molecule has 2 aromatic rings. The van der Waals surface area contributed by atoms with Crippen LogP contribution in [-0.2, 0) is 11.2 Å². The largest absolute Gasteiger partial charge is 0.479 e. The molecule has 0 aromatic heterocycles. The molecule has 0 radical (unpaired) electrons. The van der Waals surface area contributed by atoms with Crippen molar-refractivity contribution in [3.63, 3.8) is 0 Å². The molecule has 0 aliphatic carbocycles. The molecular weight excluding hydrogens is 335 g/mol. The van der Waals surface area contributed by atoms with E-state index >= 15 is 0 Å². The molecule has 0 bridgehead atoms. The first-order valence-electron chi connectivity index (χ1n) is 6.88. The summed E-state index contributed by atoms with van der Waals surface area (Å²) in [5, 5.41) is 12.2. The highest BCUT2D eigenvalue weighted by Gasteiger charge is 2.16. The summed E-state index contributed by atoms with van der Waals surface area (Å²) < 4.78 is 5.55. The lowest BCUT2D eigenvalue weighted by atomic mass is 10.1. The van der Waals surface area contributed by atoms with Crippen LogP contribution in [0.15, 0.2) is 42.5 Å². The van der Waals surface area contributed by atoms with Gasteiger partial charge in [-0.05, 0) is 42.8 Å². The molecule has 2 aromatic carbocycles. The van der Waals surface area contributed by atoms with Crippen molar-refractivity contribution in [3.8, 4) is 11.8 Å². The van der Waals surface area contributed by atoms with Gasteiger partial charge < -0.3 is 10.1 Å². The SMILES string of the molecule is C[C@@H](Oc1ccc(Cl)cc1Cl)C(=O)Nc1ccc(CC#N)cc1. The summed E-state index contributed by atoms with van der Waals surface area (Å²) in [6.45, 7) is 1.63. The maximum Gasteiger partial charge on any atom is 0.265 e. The fourth-order valence-corrected chi connectivity index (χ4v) is 2.31. The van der Waals surface area contributed by atoms with Crippen LogP contribution in [0.25, 0.3) is 0 Å². The molecule has 0 spiro atoms. The molecule has 0 heterocycles. The van der Waals surface area contributed by atoms with E-state index in [9.17, 15) is 4.79 Å². The van der Waals surface area contributed by atoms with Gasteiger partial charge in [0.05, 0.1) is 17.5 Å². The van der Waals surface area contributed by atoms with E-state index in [1.165, 1.54) is 0 Å². The van der Waals surface area contributed by atoms with Gasteiger partial charge in [-0.3, -0.25) is 4.79 Å². The Kier molecular flexibility index (Phi) is 5.86. The number of hydrogen-bond acceptors (Lipinski definition) is 3. The van der Waals surface area contributed by atoms with Gasteiger partial charge >= 0.3 is 0 Å². The molecule has 4 nitrogen and oxygen atoms in total. The summed E-state index contributed by atoms with van der Waals surface area (Å²) in [6.07, 6.45) is -0.393. The summed E-state index contributed by atoms with van der Waals surface area (Å²) in [5.74, 6) is 0.0899. The standard InChI is InChI=1S/C17H14Cl2N2O2/c1-11(23-16-7-4-13(18)10-15(16)19)17(22)21-14-5-2-12(3-6-14)8-9-20/h2-7,10-11H,8H2,1H3,(H,21,22)/t11-/m1/s1. The Labute approximate surface area is 144 Å². The van der Waals surface area contributed by atoms with Crippen LogP contribution in [-0.4, -0.2) is 12.0 Å². The Balaban J connectivity index is 1.98. The van der Waals surface area contributed by atoms with E-state index in [-0.39, 0.29) is 5.91 Å². The fraction of sp³-hybridized carbons (Fsp3) is 0.176. The molecule has 23 heavy (non-hydrogen) atoms. The molecule has 0 unspecified atom stereocenters. The molecule has 118 valence electrons. The maximum absolute atomic E-state index is 12.1.